The summed E-state index contributed by atoms with van der Waals surface area (Å²) in [6.45, 7) is 10.5. The van der Waals surface area contributed by atoms with Gasteiger partial charge in [0.25, 0.3) is 0 Å². The van der Waals surface area contributed by atoms with Gasteiger partial charge in [-0.2, -0.15) is 0 Å². The molecule has 0 aromatic carbocycles. The number of hydrogen-bond donors (Lipinski definition) is 1. The summed E-state index contributed by atoms with van der Waals surface area (Å²) in [5, 5.41) is 7.23. The molecule has 78 valence electrons. The van der Waals surface area contributed by atoms with Crippen molar-refractivity contribution >= 4 is 15.9 Å². The molecular formula is C10H15BrN2O. The average molecular weight is 259 g/mol. The third kappa shape index (κ3) is 2.69. The number of nitrogens with one attached hydrogen (secondary N) is 1. The van der Waals surface area contributed by atoms with E-state index in [0.29, 0.717) is 0 Å². The smallest absolute Gasteiger partial charge is 0.138 e. The molecule has 3 nitrogen and oxygen atoms in total. The first kappa shape index (κ1) is 11.5. The summed E-state index contributed by atoms with van der Waals surface area (Å²) >= 11 is 3.31. The van der Waals surface area contributed by atoms with E-state index < -0.39 is 0 Å². The van der Waals surface area contributed by atoms with E-state index >= 15 is 0 Å². The maximum absolute atomic E-state index is 5.10. The third-order valence-corrected chi connectivity index (χ3v) is 2.40. The molecule has 0 aliphatic rings. The highest BCUT2D eigenvalue weighted by Gasteiger charge is 2.15. The van der Waals surface area contributed by atoms with Crippen LogP contribution in [0.25, 0.3) is 0 Å². The van der Waals surface area contributed by atoms with E-state index in [4.69, 9.17) is 4.52 Å². The molecule has 14 heavy (non-hydrogen) atoms. The van der Waals surface area contributed by atoms with Gasteiger partial charge >= 0.3 is 0 Å². The Labute approximate surface area is 92.7 Å². The topological polar surface area (TPSA) is 38.1 Å². The highest BCUT2D eigenvalue weighted by molar-refractivity contribution is 9.11. The number of aryl methyl sites for hydroxylation is 2. The van der Waals surface area contributed by atoms with Crippen LogP contribution >= 0.6 is 15.9 Å². The van der Waals surface area contributed by atoms with Gasteiger partial charge in [0, 0.05) is 22.6 Å². The fraction of sp³-hybridized carbons (Fsp3) is 0.500. The van der Waals surface area contributed by atoms with Crippen molar-refractivity contribution in [1.82, 2.24) is 10.5 Å². The standard InChI is InChI=1S/C10H15BrN2O/c1-6(11)5-12-7(2)10-8(3)13-14-9(10)4/h7,12H,1,5H2,2-4H3. The van der Waals surface area contributed by atoms with Crippen LogP contribution in [0.4, 0.5) is 0 Å². The summed E-state index contributed by atoms with van der Waals surface area (Å²) in [6.07, 6.45) is 0. The van der Waals surface area contributed by atoms with E-state index in [-0.39, 0.29) is 6.04 Å². The molecule has 0 saturated heterocycles. The van der Waals surface area contributed by atoms with Crippen molar-refractivity contribution in [2.75, 3.05) is 6.54 Å². The summed E-state index contributed by atoms with van der Waals surface area (Å²) < 4.78 is 6.04. The van der Waals surface area contributed by atoms with Crippen LogP contribution in [-0.2, 0) is 0 Å². The van der Waals surface area contributed by atoms with Crippen molar-refractivity contribution in [2.24, 2.45) is 0 Å². The molecule has 0 saturated carbocycles. The van der Waals surface area contributed by atoms with Gasteiger partial charge in [-0.3, -0.25) is 0 Å². The Morgan fingerprint density at radius 3 is 2.71 bits per heavy atom. The van der Waals surface area contributed by atoms with Gasteiger partial charge in [-0.25, -0.2) is 0 Å². The van der Waals surface area contributed by atoms with Gasteiger partial charge in [0.1, 0.15) is 5.76 Å². The van der Waals surface area contributed by atoms with Crippen LogP contribution in [0.1, 0.15) is 30.0 Å². The first-order chi connectivity index (χ1) is 6.52. The summed E-state index contributed by atoms with van der Waals surface area (Å²) in [4.78, 5) is 0. The summed E-state index contributed by atoms with van der Waals surface area (Å²) in [7, 11) is 0. The van der Waals surface area contributed by atoms with E-state index in [9.17, 15) is 0 Å². The summed E-state index contributed by atoms with van der Waals surface area (Å²) in [6, 6.07) is 0.232. The molecule has 0 bridgehead atoms. The number of nitrogens with zero attached hydrogens (tertiary/aromatic N) is 1. The van der Waals surface area contributed by atoms with Crippen molar-refractivity contribution in [1.29, 1.82) is 0 Å². The Hall–Kier alpha value is -0.610. The highest BCUT2D eigenvalue weighted by Crippen LogP contribution is 2.20. The minimum atomic E-state index is 0.232. The van der Waals surface area contributed by atoms with Crippen LogP contribution in [-0.4, -0.2) is 11.7 Å². The normalized spacial score (nSPS) is 12.9. The van der Waals surface area contributed by atoms with Crippen LogP contribution in [0.3, 0.4) is 0 Å². The van der Waals surface area contributed by atoms with Crippen molar-refractivity contribution in [3.8, 4) is 0 Å². The zero-order valence-corrected chi connectivity index (χ0v) is 10.3. The molecule has 1 atom stereocenters. The maximum Gasteiger partial charge on any atom is 0.138 e. The molecule has 0 amide bonds. The van der Waals surface area contributed by atoms with Crippen LogP contribution in [0.15, 0.2) is 15.6 Å². The molecule has 0 aliphatic carbocycles. The lowest BCUT2D eigenvalue weighted by Crippen LogP contribution is -2.20. The second-order valence-electron chi connectivity index (χ2n) is 3.36. The van der Waals surface area contributed by atoms with Gasteiger partial charge in [-0.05, 0) is 20.8 Å². The van der Waals surface area contributed by atoms with Crippen molar-refractivity contribution in [3.63, 3.8) is 0 Å². The zero-order valence-electron chi connectivity index (χ0n) is 8.72. The Bertz CT molecular complexity index is 313. The lowest BCUT2D eigenvalue weighted by molar-refractivity contribution is 0.391. The van der Waals surface area contributed by atoms with Crippen LogP contribution in [0, 0.1) is 13.8 Å². The first-order valence-electron chi connectivity index (χ1n) is 4.51. The lowest BCUT2D eigenvalue weighted by Gasteiger charge is -2.12. The van der Waals surface area contributed by atoms with E-state index in [1.54, 1.807) is 0 Å². The van der Waals surface area contributed by atoms with Gasteiger partial charge in [-0.1, -0.05) is 27.7 Å². The highest BCUT2D eigenvalue weighted by atomic mass is 79.9. The first-order valence-corrected chi connectivity index (χ1v) is 5.31. The summed E-state index contributed by atoms with van der Waals surface area (Å²) in [5.74, 6) is 0.877. The molecule has 1 N–H and O–H groups in total. The number of aromatic nitrogens is 1. The Morgan fingerprint density at radius 2 is 2.29 bits per heavy atom. The van der Waals surface area contributed by atoms with Gasteiger partial charge in [0.05, 0.1) is 5.69 Å². The lowest BCUT2D eigenvalue weighted by atomic mass is 10.1. The second-order valence-corrected chi connectivity index (χ2v) is 4.48. The minimum absolute atomic E-state index is 0.232. The molecule has 1 rings (SSSR count). The van der Waals surface area contributed by atoms with Crippen molar-refractivity contribution in [2.45, 2.75) is 26.8 Å². The third-order valence-electron chi connectivity index (χ3n) is 2.12. The Morgan fingerprint density at radius 1 is 1.64 bits per heavy atom. The van der Waals surface area contributed by atoms with E-state index in [2.05, 4.69) is 39.9 Å². The van der Waals surface area contributed by atoms with Crippen molar-refractivity contribution in [3.05, 3.63) is 28.1 Å². The van der Waals surface area contributed by atoms with Crippen molar-refractivity contribution < 1.29 is 4.52 Å². The molecule has 1 aromatic heterocycles. The monoisotopic (exact) mass is 258 g/mol. The van der Waals surface area contributed by atoms with E-state index in [1.807, 2.05) is 13.8 Å². The molecule has 0 fully saturated rings. The fourth-order valence-corrected chi connectivity index (χ4v) is 1.64. The van der Waals surface area contributed by atoms with Gasteiger partial charge in [-0.15, -0.1) is 0 Å². The molecule has 1 unspecified atom stereocenters. The maximum atomic E-state index is 5.10. The molecule has 1 aromatic rings. The molecule has 0 radical (unpaired) electrons. The SMILES string of the molecule is C=C(Br)CNC(C)c1c(C)noc1C. The molecule has 1 heterocycles. The molecular weight excluding hydrogens is 244 g/mol. The zero-order chi connectivity index (χ0) is 10.7. The second kappa shape index (κ2) is 4.75. The van der Waals surface area contributed by atoms with E-state index in [0.717, 1.165) is 28.0 Å². The number of rotatable bonds is 4. The quantitative estimate of drug-likeness (QED) is 0.903. The Balaban J connectivity index is 2.69. The summed E-state index contributed by atoms with van der Waals surface area (Å²) in [5.41, 5.74) is 2.08. The predicted molar refractivity (Wildman–Crippen MR) is 60.5 cm³/mol. The van der Waals surface area contributed by atoms with Gasteiger partial charge in [0.15, 0.2) is 0 Å². The number of halogens is 1. The molecule has 0 aliphatic heterocycles. The largest absolute Gasteiger partial charge is 0.361 e. The van der Waals surface area contributed by atoms with Crippen LogP contribution in [0.5, 0.6) is 0 Å². The molecule has 4 heteroatoms. The average Bonchev–Trinajstić information content (AvgIpc) is 2.42. The van der Waals surface area contributed by atoms with Gasteiger partial charge < -0.3 is 9.84 Å². The van der Waals surface area contributed by atoms with Gasteiger partial charge in [0.2, 0.25) is 0 Å². The van der Waals surface area contributed by atoms with E-state index in [1.165, 1.54) is 0 Å². The predicted octanol–water partition coefficient (Wildman–Crippen LogP) is 2.85. The minimum Gasteiger partial charge on any atom is -0.361 e. The number of hydrogen-bond acceptors (Lipinski definition) is 3. The molecule has 0 spiro atoms. The Kier molecular flexibility index (Phi) is 3.89. The fourth-order valence-electron chi connectivity index (χ4n) is 1.47. The van der Waals surface area contributed by atoms with Crippen LogP contribution < -0.4 is 5.32 Å². The van der Waals surface area contributed by atoms with Crippen LogP contribution in [0.2, 0.25) is 0 Å².